The Bertz CT molecular complexity index is 917. The molecule has 1 aliphatic heterocycles. The molecule has 0 aromatic heterocycles. The number of piperidine rings is 1. The van der Waals surface area contributed by atoms with E-state index in [1.54, 1.807) is 24.3 Å². The Kier molecular flexibility index (Phi) is 7.75. The van der Waals surface area contributed by atoms with Crippen LogP contribution in [-0.2, 0) is 11.3 Å². The fourth-order valence-corrected chi connectivity index (χ4v) is 3.99. The minimum absolute atomic E-state index is 0.0227. The molecular weight excluding hydrogens is 421 g/mol. The number of benzene rings is 2. The molecule has 0 aliphatic carbocycles. The average Bonchev–Trinajstić information content (AvgIpc) is 2.71. The van der Waals surface area contributed by atoms with E-state index in [0.717, 1.165) is 24.9 Å². The van der Waals surface area contributed by atoms with Gasteiger partial charge in [0.05, 0.1) is 27.2 Å². The fourth-order valence-electron chi connectivity index (χ4n) is 3.67. The molecule has 1 atom stereocenters. The first-order chi connectivity index (χ1) is 14.3. The van der Waals surface area contributed by atoms with Crippen LogP contribution in [0.2, 0.25) is 10.0 Å². The van der Waals surface area contributed by atoms with Crippen molar-refractivity contribution in [2.45, 2.75) is 39.3 Å². The van der Waals surface area contributed by atoms with Crippen LogP contribution in [0.15, 0.2) is 42.5 Å². The maximum atomic E-state index is 13.0. The Balaban J connectivity index is 1.64. The number of carbonyl (C=O) groups excluding carboxylic acids is 2. The number of nitrogens with zero attached hydrogens (tertiary/aromatic N) is 1. The summed E-state index contributed by atoms with van der Waals surface area (Å²) in [4.78, 5) is 27.7. The summed E-state index contributed by atoms with van der Waals surface area (Å²) in [5, 5.41) is 6.92. The van der Waals surface area contributed by atoms with Crippen molar-refractivity contribution < 1.29 is 9.59 Å². The molecule has 1 unspecified atom stereocenters. The number of para-hydroxylation sites is 1. The maximum Gasteiger partial charge on any atom is 0.253 e. The molecule has 7 heteroatoms. The summed E-state index contributed by atoms with van der Waals surface area (Å²) in [5.41, 5.74) is 2.09. The third-order valence-electron chi connectivity index (χ3n) is 5.12. The van der Waals surface area contributed by atoms with Gasteiger partial charge in [-0.15, -0.1) is 0 Å². The Labute approximate surface area is 187 Å². The minimum atomic E-state index is -0.189. The Hall–Kier alpha value is -2.08. The molecule has 5 nitrogen and oxygen atoms in total. The second-order valence-corrected chi connectivity index (χ2v) is 8.80. The molecule has 0 spiro atoms. The molecule has 1 fully saturated rings. The standard InChI is InChI=1S/C23H27Cl2N3O2/c1-15(2)26-23(30)18-7-3-4-8-21(18)27-22(29)17-6-5-11-28(14-17)13-16-9-10-19(24)20(25)12-16/h3-4,7-10,12,15,17H,5-6,11,13-14H2,1-2H3,(H,26,30)(H,27,29). The van der Waals surface area contributed by atoms with E-state index in [1.807, 2.05) is 32.0 Å². The van der Waals surface area contributed by atoms with Gasteiger partial charge in [0, 0.05) is 19.1 Å². The van der Waals surface area contributed by atoms with Crippen molar-refractivity contribution in [1.82, 2.24) is 10.2 Å². The molecule has 3 rings (SSSR count). The molecule has 0 radical (unpaired) electrons. The normalized spacial score (nSPS) is 17.0. The molecule has 30 heavy (non-hydrogen) atoms. The zero-order valence-electron chi connectivity index (χ0n) is 17.3. The molecule has 0 saturated carbocycles. The molecule has 2 aromatic rings. The topological polar surface area (TPSA) is 61.4 Å². The lowest BCUT2D eigenvalue weighted by molar-refractivity contribution is -0.121. The maximum absolute atomic E-state index is 13.0. The van der Waals surface area contributed by atoms with Crippen molar-refractivity contribution >= 4 is 40.7 Å². The van der Waals surface area contributed by atoms with Crippen LogP contribution in [0.1, 0.15) is 42.6 Å². The number of hydrogen-bond donors (Lipinski definition) is 2. The van der Waals surface area contributed by atoms with E-state index < -0.39 is 0 Å². The van der Waals surface area contributed by atoms with Gasteiger partial charge in [0.2, 0.25) is 5.91 Å². The molecule has 1 saturated heterocycles. The molecule has 1 heterocycles. The van der Waals surface area contributed by atoms with Crippen LogP contribution in [0.25, 0.3) is 0 Å². The summed E-state index contributed by atoms with van der Waals surface area (Å²) >= 11 is 12.1. The van der Waals surface area contributed by atoms with Crippen molar-refractivity contribution in [1.29, 1.82) is 0 Å². The molecule has 1 aliphatic rings. The summed E-state index contributed by atoms with van der Waals surface area (Å²) < 4.78 is 0. The Morgan fingerprint density at radius 3 is 2.63 bits per heavy atom. The molecule has 2 aromatic carbocycles. The third kappa shape index (κ3) is 5.97. The van der Waals surface area contributed by atoms with Gasteiger partial charge < -0.3 is 10.6 Å². The third-order valence-corrected chi connectivity index (χ3v) is 5.85. The van der Waals surface area contributed by atoms with Crippen LogP contribution >= 0.6 is 23.2 Å². The number of carbonyl (C=O) groups is 2. The molecule has 2 N–H and O–H groups in total. The lowest BCUT2D eigenvalue weighted by atomic mass is 9.96. The van der Waals surface area contributed by atoms with Crippen molar-refractivity contribution in [2.24, 2.45) is 5.92 Å². The van der Waals surface area contributed by atoms with Crippen LogP contribution < -0.4 is 10.6 Å². The van der Waals surface area contributed by atoms with Crippen LogP contribution in [0.5, 0.6) is 0 Å². The first kappa shape index (κ1) is 22.6. The highest BCUT2D eigenvalue weighted by Crippen LogP contribution is 2.25. The summed E-state index contributed by atoms with van der Waals surface area (Å²) in [5.74, 6) is -0.382. The molecule has 160 valence electrons. The SMILES string of the molecule is CC(C)NC(=O)c1ccccc1NC(=O)C1CCCN(Cc2ccc(Cl)c(Cl)c2)C1. The van der Waals surface area contributed by atoms with Gasteiger partial charge in [-0.05, 0) is 63.1 Å². The smallest absolute Gasteiger partial charge is 0.253 e. The fraction of sp³-hybridized carbons (Fsp3) is 0.391. The highest BCUT2D eigenvalue weighted by atomic mass is 35.5. The highest BCUT2D eigenvalue weighted by Gasteiger charge is 2.27. The average molecular weight is 448 g/mol. The molecular formula is C23H27Cl2N3O2. The van der Waals surface area contributed by atoms with E-state index in [9.17, 15) is 9.59 Å². The minimum Gasteiger partial charge on any atom is -0.350 e. The number of nitrogens with one attached hydrogen (secondary N) is 2. The highest BCUT2D eigenvalue weighted by molar-refractivity contribution is 6.42. The van der Waals surface area contributed by atoms with E-state index in [4.69, 9.17) is 23.2 Å². The number of anilines is 1. The first-order valence-electron chi connectivity index (χ1n) is 10.2. The number of likely N-dealkylation sites (tertiary alicyclic amines) is 1. The van der Waals surface area contributed by atoms with Crippen molar-refractivity contribution in [3.05, 3.63) is 63.6 Å². The number of rotatable bonds is 6. The van der Waals surface area contributed by atoms with E-state index in [2.05, 4.69) is 15.5 Å². The van der Waals surface area contributed by atoms with E-state index >= 15 is 0 Å². The second-order valence-electron chi connectivity index (χ2n) is 7.99. The van der Waals surface area contributed by atoms with E-state index in [0.29, 0.717) is 34.4 Å². The van der Waals surface area contributed by atoms with Gasteiger partial charge in [-0.2, -0.15) is 0 Å². The summed E-state index contributed by atoms with van der Waals surface area (Å²) in [6.45, 7) is 6.12. The summed E-state index contributed by atoms with van der Waals surface area (Å²) in [6.07, 6.45) is 1.76. The van der Waals surface area contributed by atoms with Gasteiger partial charge in [0.15, 0.2) is 0 Å². The van der Waals surface area contributed by atoms with Crippen molar-refractivity contribution in [2.75, 3.05) is 18.4 Å². The Morgan fingerprint density at radius 2 is 1.90 bits per heavy atom. The largest absolute Gasteiger partial charge is 0.350 e. The van der Waals surface area contributed by atoms with Crippen molar-refractivity contribution in [3.63, 3.8) is 0 Å². The lowest BCUT2D eigenvalue weighted by Crippen LogP contribution is -2.40. The second kappa shape index (κ2) is 10.3. The number of halogens is 2. The number of hydrogen-bond acceptors (Lipinski definition) is 3. The first-order valence-corrected chi connectivity index (χ1v) is 11.0. The Morgan fingerprint density at radius 1 is 1.13 bits per heavy atom. The van der Waals surface area contributed by atoms with Crippen LogP contribution in [0.3, 0.4) is 0 Å². The number of amides is 2. The van der Waals surface area contributed by atoms with Gasteiger partial charge >= 0.3 is 0 Å². The van der Waals surface area contributed by atoms with Gasteiger partial charge in [-0.3, -0.25) is 14.5 Å². The van der Waals surface area contributed by atoms with Crippen LogP contribution in [0, 0.1) is 5.92 Å². The predicted octanol–water partition coefficient (Wildman–Crippen LogP) is 4.98. The monoisotopic (exact) mass is 447 g/mol. The van der Waals surface area contributed by atoms with Crippen LogP contribution in [0.4, 0.5) is 5.69 Å². The summed E-state index contributed by atoms with van der Waals surface area (Å²) in [6, 6.07) is 12.8. The van der Waals surface area contributed by atoms with Crippen LogP contribution in [-0.4, -0.2) is 35.8 Å². The quantitative estimate of drug-likeness (QED) is 0.655. The zero-order chi connectivity index (χ0) is 21.7. The van der Waals surface area contributed by atoms with Gasteiger partial charge in [-0.1, -0.05) is 41.4 Å². The lowest BCUT2D eigenvalue weighted by Gasteiger charge is -2.32. The van der Waals surface area contributed by atoms with E-state index in [1.165, 1.54) is 0 Å². The molecule has 2 amide bonds. The summed E-state index contributed by atoms with van der Waals surface area (Å²) in [7, 11) is 0. The van der Waals surface area contributed by atoms with E-state index in [-0.39, 0.29) is 23.8 Å². The van der Waals surface area contributed by atoms with Gasteiger partial charge in [0.25, 0.3) is 5.91 Å². The van der Waals surface area contributed by atoms with Gasteiger partial charge in [0.1, 0.15) is 0 Å². The van der Waals surface area contributed by atoms with Gasteiger partial charge in [-0.25, -0.2) is 0 Å². The molecule has 0 bridgehead atoms. The predicted molar refractivity (Wildman–Crippen MR) is 122 cm³/mol. The van der Waals surface area contributed by atoms with Crippen molar-refractivity contribution in [3.8, 4) is 0 Å². The zero-order valence-corrected chi connectivity index (χ0v) is 18.8.